The van der Waals surface area contributed by atoms with Crippen molar-refractivity contribution in [2.24, 2.45) is 5.92 Å². The van der Waals surface area contributed by atoms with Gasteiger partial charge in [-0.1, -0.05) is 37.3 Å². The third-order valence-electron chi connectivity index (χ3n) is 6.40. The van der Waals surface area contributed by atoms with Crippen LogP contribution in [0, 0.1) is 12.8 Å². The minimum absolute atomic E-state index is 0.0972. The molecule has 1 saturated heterocycles. The molecule has 4 rings (SSSR count). The molecule has 1 unspecified atom stereocenters. The molecule has 10 heteroatoms. The fourth-order valence-corrected chi connectivity index (χ4v) is 5.30. The fourth-order valence-electron chi connectivity index (χ4n) is 4.31. The average Bonchev–Trinajstić information content (AvgIpc) is 3.45. The number of aromatic nitrogens is 1. The van der Waals surface area contributed by atoms with Gasteiger partial charge in [0.1, 0.15) is 22.1 Å². The van der Waals surface area contributed by atoms with Crippen LogP contribution >= 0.6 is 11.3 Å². The van der Waals surface area contributed by atoms with Gasteiger partial charge in [-0.05, 0) is 68.1 Å². The molecular formula is C30H32N2O7S. The van der Waals surface area contributed by atoms with Gasteiger partial charge >= 0.3 is 11.9 Å². The zero-order chi connectivity index (χ0) is 29.0. The highest BCUT2D eigenvalue weighted by Crippen LogP contribution is 2.44. The van der Waals surface area contributed by atoms with Gasteiger partial charge in [0.25, 0.3) is 5.78 Å². The molecule has 0 radical (unpaired) electrons. The molecule has 1 fully saturated rings. The number of amides is 1. The van der Waals surface area contributed by atoms with E-state index in [1.165, 1.54) is 12.0 Å². The Hall–Kier alpha value is -4.18. The molecule has 1 aliphatic heterocycles. The van der Waals surface area contributed by atoms with Gasteiger partial charge in [-0.3, -0.25) is 14.5 Å². The van der Waals surface area contributed by atoms with Crippen LogP contribution in [0.2, 0.25) is 0 Å². The van der Waals surface area contributed by atoms with Crippen molar-refractivity contribution in [3.8, 4) is 11.5 Å². The molecule has 1 N–H and O–H groups in total. The second-order valence-electron chi connectivity index (χ2n) is 9.63. The van der Waals surface area contributed by atoms with Crippen LogP contribution in [0.1, 0.15) is 59.7 Å². The van der Waals surface area contributed by atoms with Gasteiger partial charge in [-0.2, -0.15) is 0 Å². The summed E-state index contributed by atoms with van der Waals surface area (Å²) in [5.41, 5.74) is 1.16. The first-order valence-corrected chi connectivity index (χ1v) is 13.8. The summed E-state index contributed by atoms with van der Waals surface area (Å²) in [4.78, 5) is 45.4. The van der Waals surface area contributed by atoms with Crippen LogP contribution < -0.4 is 14.4 Å². The van der Waals surface area contributed by atoms with Crippen molar-refractivity contribution in [3.05, 3.63) is 75.8 Å². The van der Waals surface area contributed by atoms with Crippen LogP contribution in [0.3, 0.4) is 0 Å². The first-order chi connectivity index (χ1) is 19.2. The summed E-state index contributed by atoms with van der Waals surface area (Å²) in [6.07, 6.45) is 0.856. The zero-order valence-electron chi connectivity index (χ0n) is 23.1. The third kappa shape index (κ3) is 5.86. The Morgan fingerprint density at radius 2 is 1.85 bits per heavy atom. The van der Waals surface area contributed by atoms with Gasteiger partial charge in [0.15, 0.2) is 5.13 Å². The number of Topliss-reactive ketones (excluding diaryl/α,β-unsaturated/α-hetero) is 1. The molecule has 0 bridgehead atoms. The normalized spacial score (nSPS) is 16.4. The van der Waals surface area contributed by atoms with Gasteiger partial charge in [0, 0.05) is 5.56 Å². The monoisotopic (exact) mass is 564 g/mol. The standard InChI is InChI=1S/C30H32N2O7S/c1-6-38-29(36)27-18(4)31-30(40-27)32-24(20-8-7-9-22(16-20)39-15-14-17(2)3)23(26(34)28(32)35)25(33)19-10-12-21(37-5)13-11-19/h7-13,16-17,24,33H,6,14-15H2,1-5H3. The molecule has 1 aromatic heterocycles. The summed E-state index contributed by atoms with van der Waals surface area (Å²) in [7, 11) is 1.52. The van der Waals surface area contributed by atoms with Crippen molar-refractivity contribution in [2.75, 3.05) is 25.2 Å². The molecule has 2 aromatic carbocycles. The predicted octanol–water partition coefficient (Wildman–Crippen LogP) is 5.69. The summed E-state index contributed by atoms with van der Waals surface area (Å²) in [6, 6.07) is 12.6. The number of methoxy groups -OCH3 is 1. The van der Waals surface area contributed by atoms with Crippen molar-refractivity contribution < 1.29 is 33.7 Å². The Kier molecular flexibility index (Phi) is 8.89. The lowest BCUT2D eigenvalue weighted by Gasteiger charge is -2.23. The van der Waals surface area contributed by atoms with E-state index >= 15 is 0 Å². The number of aryl methyl sites for hydroxylation is 1. The number of ether oxygens (including phenoxy) is 3. The number of aliphatic hydroxyl groups is 1. The maximum absolute atomic E-state index is 13.5. The number of anilines is 1. The van der Waals surface area contributed by atoms with Gasteiger partial charge in [-0.25, -0.2) is 9.78 Å². The molecule has 2 heterocycles. The largest absolute Gasteiger partial charge is 0.507 e. The molecule has 1 atom stereocenters. The molecule has 1 amide bonds. The summed E-state index contributed by atoms with van der Waals surface area (Å²) in [5, 5.41) is 11.5. The molecule has 3 aromatic rings. The first-order valence-electron chi connectivity index (χ1n) is 13.0. The van der Waals surface area contributed by atoms with Gasteiger partial charge in [0.2, 0.25) is 0 Å². The lowest BCUT2D eigenvalue weighted by Crippen LogP contribution is -2.29. The number of aliphatic hydroxyl groups excluding tert-OH is 1. The molecule has 0 spiro atoms. The maximum Gasteiger partial charge on any atom is 0.350 e. The van der Waals surface area contributed by atoms with E-state index in [4.69, 9.17) is 14.2 Å². The van der Waals surface area contributed by atoms with E-state index in [0.29, 0.717) is 40.8 Å². The maximum atomic E-state index is 13.5. The van der Waals surface area contributed by atoms with Gasteiger partial charge < -0.3 is 19.3 Å². The van der Waals surface area contributed by atoms with E-state index < -0.39 is 23.7 Å². The number of rotatable bonds is 10. The van der Waals surface area contributed by atoms with E-state index in [1.807, 2.05) is 0 Å². The van der Waals surface area contributed by atoms with Crippen LogP contribution in [0.5, 0.6) is 11.5 Å². The van der Waals surface area contributed by atoms with Crippen LogP contribution in [-0.4, -0.2) is 48.1 Å². The van der Waals surface area contributed by atoms with Crippen LogP contribution in [0.15, 0.2) is 54.1 Å². The summed E-state index contributed by atoms with van der Waals surface area (Å²) in [6.45, 7) is 8.23. The molecule has 0 aliphatic carbocycles. The minimum Gasteiger partial charge on any atom is -0.507 e. The quantitative estimate of drug-likeness (QED) is 0.145. The van der Waals surface area contributed by atoms with Crippen LogP contribution in [0.4, 0.5) is 5.13 Å². The first kappa shape index (κ1) is 28.8. The minimum atomic E-state index is -1.02. The Labute approximate surface area is 237 Å². The number of hydrogen-bond donors (Lipinski definition) is 1. The molecule has 0 saturated carbocycles. The number of benzene rings is 2. The van der Waals surface area contributed by atoms with E-state index in [-0.39, 0.29) is 27.9 Å². The van der Waals surface area contributed by atoms with E-state index in [1.54, 1.807) is 62.4 Å². The van der Waals surface area contributed by atoms with Crippen LogP contribution in [0.25, 0.3) is 5.76 Å². The van der Waals surface area contributed by atoms with Gasteiger partial charge in [-0.15, -0.1) is 0 Å². The Morgan fingerprint density at radius 3 is 2.50 bits per heavy atom. The number of thiazole rings is 1. The lowest BCUT2D eigenvalue weighted by molar-refractivity contribution is -0.132. The van der Waals surface area contributed by atoms with Crippen LogP contribution in [-0.2, 0) is 14.3 Å². The van der Waals surface area contributed by atoms with E-state index in [0.717, 1.165) is 17.8 Å². The number of carbonyl (C=O) groups is 3. The Bertz CT molecular complexity index is 1440. The SMILES string of the molecule is CCOC(=O)c1sc(N2C(=O)C(=O)C(=C(O)c3ccc(OC)cc3)C2c2cccc(OCCC(C)C)c2)nc1C. The van der Waals surface area contributed by atoms with E-state index in [2.05, 4.69) is 18.8 Å². The molecular weight excluding hydrogens is 532 g/mol. The number of nitrogens with zero attached hydrogens (tertiary/aromatic N) is 2. The van der Waals surface area contributed by atoms with Crippen molar-refractivity contribution in [3.63, 3.8) is 0 Å². The second kappa shape index (κ2) is 12.3. The second-order valence-corrected chi connectivity index (χ2v) is 10.6. The predicted molar refractivity (Wildman–Crippen MR) is 152 cm³/mol. The molecule has 210 valence electrons. The smallest absolute Gasteiger partial charge is 0.350 e. The van der Waals surface area contributed by atoms with Crippen molar-refractivity contribution >= 4 is 39.9 Å². The van der Waals surface area contributed by atoms with Crippen molar-refractivity contribution in [2.45, 2.75) is 40.2 Å². The van der Waals surface area contributed by atoms with Gasteiger partial charge in [0.05, 0.1) is 37.6 Å². The average molecular weight is 565 g/mol. The molecule has 9 nitrogen and oxygen atoms in total. The van der Waals surface area contributed by atoms with E-state index in [9.17, 15) is 19.5 Å². The summed E-state index contributed by atoms with van der Waals surface area (Å²) < 4.78 is 16.3. The summed E-state index contributed by atoms with van der Waals surface area (Å²) >= 11 is 0.960. The highest BCUT2D eigenvalue weighted by molar-refractivity contribution is 7.17. The topological polar surface area (TPSA) is 115 Å². The number of hydrogen-bond acceptors (Lipinski definition) is 9. The fraction of sp³-hybridized carbons (Fsp3) is 0.333. The Morgan fingerprint density at radius 1 is 1.12 bits per heavy atom. The summed E-state index contributed by atoms with van der Waals surface area (Å²) in [5.74, 6) is -1.03. The molecule has 40 heavy (non-hydrogen) atoms. The van der Waals surface area contributed by atoms with Crippen molar-refractivity contribution in [1.29, 1.82) is 0 Å². The highest BCUT2D eigenvalue weighted by Gasteiger charge is 2.48. The zero-order valence-corrected chi connectivity index (χ0v) is 23.9. The van der Waals surface area contributed by atoms with Crippen molar-refractivity contribution in [1.82, 2.24) is 4.98 Å². The third-order valence-corrected chi connectivity index (χ3v) is 7.53. The number of esters is 1. The molecule has 1 aliphatic rings. The number of carbonyl (C=O) groups excluding carboxylic acids is 3. The highest BCUT2D eigenvalue weighted by atomic mass is 32.1. The lowest BCUT2D eigenvalue weighted by atomic mass is 9.95. The number of ketones is 1. The Balaban J connectivity index is 1.85.